The van der Waals surface area contributed by atoms with Crippen molar-refractivity contribution in [3.63, 3.8) is 0 Å². The number of hydrogen-bond acceptors (Lipinski definition) is 2. The van der Waals surface area contributed by atoms with E-state index in [2.05, 4.69) is 20.8 Å². The molecule has 0 aromatic heterocycles. The van der Waals surface area contributed by atoms with Crippen LogP contribution in [-0.4, -0.2) is 0 Å². The normalized spacial score (nSPS) is 11.6. The van der Waals surface area contributed by atoms with Gasteiger partial charge in [-0.25, -0.2) is 0 Å². The Balaban J connectivity index is 3.31. The van der Waals surface area contributed by atoms with Crippen molar-refractivity contribution in [3.8, 4) is 0 Å². The van der Waals surface area contributed by atoms with Gasteiger partial charge in [0.15, 0.2) is 0 Å². The molecule has 0 heterocycles. The molecule has 0 fully saturated rings. The second-order valence-electron chi connectivity index (χ2n) is 4.06. The summed E-state index contributed by atoms with van der Waals surface area (Å²) >= 11 is 0. The summed E-state index contributed by atoms with van der Waals surface area (Å²) in [6, 6.07) is 5.65. The monoisotopic (exact) mass is 164 g/mol. The summed E-state index contributed by atoms with van der Waals surface area (Å²) in [4.78, 5) is 0. The SMILES string of the molecule is CC(C)(C)c1c(N)cccc1N. The summed E-state index contributed by atoms with van der Waals surface area (Å²) in [5.74, 6) is 0. The van der Waals surface area contributed by atoms with Crippen molar-refractivity contribution in [2.24, 2.45) is 0 Å². The molecule has 0 saturated heterocycles. The van der Waals surface area contributed by atoms with Crippen LogP contribution in [0.1, 0.15) is 26.3 Å². The summed E-state index contributed by atoms with van der Waals surface area (Å²) in [6.07, 6.45) is 0. The zero-order chi connectivity index (χ0) is 9.35. The summed E-state index contributed by atoms with van der Waals surface area (Å²) in [5, 5.41) is 0. The van der Waals surface area contributed by atoms with E-state index in [1.54, 1.807) is 0 Å². The molecular weight excluding hydrogens is 148 g/mol. The lowest BCUT2D eigenvalue weighted by molar-refractivity contribution is 0.595. The van der Waals surface area contributed by atoms with Gasteiger partial charge in [0.1, 0.15) is 0 Å². The van der Waals surface area contributed by atoms with Gasteiger partial charge >= 0.3 is 0 Å². The van der Waals surface area contributed by atoms with Gasteiger partial charge in [0.2, 0.25) is 0 Å². The molecule has 1 aromatic carbocycles. The first-order valence-corrected chi connectivity index (χ1v) is 4.07. The Morgan fingerprint density at radius 3 is 1.67 bits per heavy atom. The van der Waals surface area contributed by atoms with Crippen LogP contribution in [0.2, 0.25) is 0 Å². The highest BCUT2D eigenvalue weighted by molar-refractivity contribution is 5.63. The van der Waals surface area contributed by atoms with Gasteiger partial charge in [0.05, 0.1) is 0 Å². The molecule has 12 heavy (non-hydrogen) atoms. The maximum absolute atomic E-state index is 5.83. The molecule has 0 bridgehead atoms. The number of rotatable bonds is 0. The van der Waals surface area contributed by atoms with Crippen LogP contribution in [0.5, 0.6) is 0 Å². The van der Waals surface area contributed by atoms with Gasteiger partial charge in [0, 0.05) is 16.9 Å². The highest BCUT2D eigenvalue weighted by Gasteiger charge is 2.18. The van der Waals surface area contributed by atoms with E-state index in [0.717, 1.165) is 16.9 Å². The van der Waals surface area contributed by atoms with Crippen molar-refractivity contribution in [1.29, 1.82) is 0 Å². The Hall–Kier alpha value is -1.18. The Bertz CT molecular complexity index is 264. The molecule has 0 aliphatic rings. The fraction of sp³-hybridized carbons (Fsp3) is 0.400. The van der Waals surface area contributed by atoms with Crippen molar-refractivity contribution in [2.75, 3.05) is 11.5 Å². The minimum atomic E-state index is 0.0232. The topological polar surface area (TPSA) is 52.0 Å². The van der Waals surface area contributed by atoms with E-state index in [-0.39, 0.29) is 5.41 Å². The molecule has 0 atom stereocenters. The lowest BCUT2D eigenvalue weighted by Crippen LogP contribution is -2.16. The molecule has 0 unspecified atom stereocenters. The molecule has 0 aliphatic heterocycles. The van der Waals surface area contributed by atoms with Crippen LogP contribution in [0.25, 0.3) is 0 Å². The fourth-order valence-electron chi connectivity index (χ4n) is 1.45. The number of anilines is 2. The third kappa shape index (κ3) is 1.52. The number of nitrogens with two attached hydrogens (primary N) is 2. The largest absolute Gasteiger partial charge is 0.398 e. The van der Waals surface area contributed by atoms with Gasteiger partial charge in [-0.05, 0) is 17.5 Å². The lowest BCUT2D eigenvalue weighted by atomic mass is 9.85. The zero-order valence-electron chi connectivity index (χ0n) is 7.89. The predicted molar refractivity (Wildman–Crippen MR) is 54.0 cm³/mol. The van der Waals surface area contributed by atoms with E-state index in [0.29, 0.717) is 0 Å². The van der Waals surface area contributed by atoms with Gasteiger partial charge in [-0.1, -0.05) is 26.8 Å². The highest BCUT2D eigenvalue weighted by atomic mass is 14.6. The van der Waals surface area contributed by atoms with Crippen molar-refractivity contribution in [3.05, 3.63) is 23.8 Å². The van der Waals surface area contributed by atoms with Crippen LogP contribution in [0.4, 0.5) is 11.4 Å². The maximum Gasteiger partial charge on any atom is 0.0372 e. The van der Waals surface area contributed by atoms with Gasteiger partial charge in [-0.2, -0.15) is 0 Å². The van der Waals surface area contributed by atoms with Crippen LogP contribution in [0.3, 0.4) is 0 Å². The molecule has 0 spiro atoms. The molecular formula is C10H16N2. The van der Waals surface area contributed by atoms with Crippen molar-refractivity contribution in [2.45, 2.75) is 26.2 Å². The average Bonchev–Trinajstić information content (AvgIpc) is 1.82. The molecule has 0 radical (unpaired) electrons. The minimum Gasteiger partial charge on any atom is -0.398 e. The number of benzene rings is 1. The first-order chi connectivity index (χ1) is 5.43. The van der Waals surface area contributed by atoms with E-state index in [1.165, 1.54) is 0 Å². The average molecular weight is 164 g/mol. The van der Waals surface area contributed by atoms with E-state index >= 15 is 0 Å². The van der Waals surface area contributed by atoms with Gasteiger partial charge in [-0.15, -0.1) is 0 Å². The second kappa shape index (κ2) is 2.70. The molecule has 2 nitrogen and oxygen atoms in total. The molecule has 66 valence electrons. The van der Waals surface area contributed by atoms with Gasteiger partial charge < -0.3 is 11.5 Å². The maximum atomic E-state index is 5.83. The summed E-state index contributed by atoms with van der Waals surface area (Å²) in [6.45, 7) is 6.32. The first-order valence-electron chi connectivity index (χ1n) is 4.07. The van der Waals surface area contributed by atoms with E-state index in [4.69, 9.17) is 11.5 Å². The highest BCUT2D eigenvalue weighted by Crippen LogP contribution is 2.32. The molecule has 0 saturated carbocycles. The predicted octanol–water partition coefficient (Wildman–Crippen LogP) is 2.15. The Morgan fingerprint density at radius 1 is 1.00 bits per heavy atom. The quantitative estimate of drug-likeness (QED) is 0.577. The minimum absolute atomic E-state index is 0.0232. The molecule has 0 aliphatic carbocycles. The van der Waals surface area contributed by atoms with Crippen LogP contribution in [0.15, 0.2) is 18.2 Å². The Kier molecular flexibility index (Phi) is 2.01. The molecule has 4 N–H and O–H groups in total. The number of nitrogen functional groups attached to an aromatic ring is 2. The van der Waals surface area contributed by atoms with Gasteiger partial charge in [-0.3, -0.25) is 0 Å². The third-order valence-electron chi connectivity index (χ3n) is 1.88. The second-order valence-corrected chi connectivity index (χ2v) is 4.06. The van der Waals surface area contributed by atoms with E-state index < -0.39 is 0 Å². The third-order valence-corrected chi connectivity index (χ3v) is 1.88. The summed E-state index contributed by atoms with van der Waals surface area (Å²) in [7, 11) is 0. The lowest BCUT2D eigenvalue weighted by Gasteiger charge is -2.22. The van der Waals surface area contributed by atoms with Crippen molar-refractivity contribution < 1.29 is 0 Å². The first kappa shape index (κ1) is 8.91. The number of hydrogen-bond donors (Lipinski definition) is 2. The van der Waals surface area contributed by atoms with Crippen LogP contribution in [-0.2, 0) is 5.41 Å². The Morgan fingerprint density at radius 2 is 1.42 bits per heavy atom. The molecule has 2 heteroatoms. The van der Waals surface area contributed by atoms with Crippen LogP contribution >= 0.6 is 0 Å². The van der Waals surface area contributed by atoms with E-state index in [9.17, 15) is 0 Å². The van der Waals surface area contributed by atoms with E-state index in [1.807, 2.05) is 18.2 Å². The molecule has 0 amide bonds. The summed E-state index contributed by atoms with van der Waals surface area (Å²) in [5.41, 5.74) is 14.3. The van der Waals surface area contributed by atoms with Crippen molar-refractivity contribution >= 4 is 11.4 Å². The summed E-state index contributed by atoms with van der Waals surface area (Å²) < 4.78 is 0. The standard InChI is InChI=1S/C10H16N2/c1-10(2,3)9-7(11)5-4-6-8(9)12/h4-6H,11-12H2,1-3H3. The van der Waals surface area contributed by atoms with Crippen molar-refractivity contribution in [1.82, 2.24) is 0 Å². The smallest absolute Gasteiger partial charge is 0.0372 e. The molecule has 1 rings (SSSR count). The fourth-order valence-corrected chi connectivity index (χ4v) is 1.45. The van der Waals surface area contributed by atoms with Gasteiger partial charge in [0.25, 0.3) is 0 Å². The Labute approximate surface area is 73.6 Å². The molecule has 1 aromatic rings. The van der Waals surface area contributed by atoms with Crippen LogP contribution in [0, 0.1) is 0 Å². The van der Waals surface area contributed by atoms with Crippen LogP contribution < -0.4 is 11.5 Å². The zero-order valence-corrected chi connectivity index (χ0v) is 7.89.